The van der Waals surface area contributed by atoms with Crippen molar-refractivity contribution in [3.63, 3.8) is 0 Å². The minimum absolute atomic E-state index is 0.0604. The molecule has 2 aromatic carbocycles. The van der Waals surface area contributed by atoms with Crippen molar-refractivity contribution in [3.8, 4) is 0 Å². The van der Waals surface area contributed by atoms with E-state index in [1.807, 2.05) is 30.3 Å². The average Bonchev–Trinajstić information content (AvgIpc) is 2.75. The first-order chi connectivity index (χ1) is 14.1. The van der Waals surface area contributed by atoms with Crippen LogP contribution in [0.3, 0.4) is 0 Å². The predicted octanol–water partition coefficient (Wildman–Crippen LogP) is 2.08. The third kappa shape index (κ3) is 4.30. The van der Waals surface area contributed by atoms with Crippen molar-refractivity contribution in [3.05, 3.63) is 59.7 Å². The summed E-state index contributed by atoms with van der Waals surface area (Å²) < 4.78 is 5.36. The van der Waals surface area contributed by atoms with Crippen LogP contribution in [0.25, 0.3) is 0 Å². The molecule has 2 aromatic rings. The zero-order valence-electron chi connectivity index (χ0n) is 16.1. The van der Waals surface area contributed by atoms with Crippen molar-refractivity contribution in [1.29, 1.82) is 0 Å². The van der Waals surface area contributed by atoms with Gasteiger partial charge in [0, 0.05) is 43.0 Å². The number of carbonyl (C=O) groups is 3. The molecule has 7 nitrogen and oxygen atoms in total. The largest absolute Gasteiger partial charge is 0.378 e. The fraction of sp³-hybridized carbons (Fsp3) is 0.318. The molecular formula is C22H23N3O4. The van der Waals surface area contributed by atoms with Crippen molar-refractivity contribution in [2.24, 2.45) is 0 Å². The number of amides is 3. The van der Waals surface area contributed by atoms with E-state index in [1.165, 1.54) is 4.90 Å². The quantitative estimate of drug-likeness (QED) is 0.787. The van der Waals surface area contributed by atoms with Crippen LogP contribution in [0.1, 0.15) is 22.3 Å². The van der Waals surface area contributed by atoms with E-state index in [9.17, 15) is 14.4 Å². The van der Waals surface area contributed by atoms with E-state index < -0.39 is 0 Å². The third-order valence-electron chi connectivity index (χ3n) is 5.23. The lowest BCUT2D eigenvalue weighted by molar-refractivity contribution is -0.128. The molecule has 0 bridgehead atoms. The van der Waals surface area contributed by atoms with Gasteiger partial charge in [0.25, 0.3) is 5.91 Å². The zero-order valence-corrected chi connectivity index (χ0v) is 16.1. The molecule has 3 amide bonds. The summed E-state index contributed by atoms with van der Waals surface area (Å²) in [5.74, 6) is -0.834. The van der Waals surface area contributed by atoms with Gasteiger partial charge in [-0.1, -0.05) is 18.2 Å². The number of morpholine rings is 1. The van der Waals surface area contributed by atoms with Crippen LogP contribution in [0.15, 0.2) is 48.5 Å². The second-order valence-corrected chi connectivity index (χ2v) is 7.13. The van der Waals surface area contributed by atoms with Gasteiger partial charge in [-0.3, -0.25) is 19.3 Å². The molecule has 2 aliphatic heterocycles. The van der Waals surface area contributed by atoms with Crippen molar-refractivity contribution >= 4 is 29.1 Å². The second kappa shape index (κ2) is 8.45. The standard InChI is InChI=1S/C22H23N3O4/c26-20(23-17-5-7-18(8-6-17)24-11-13-29-14-12-24)9-10-25-21(27)15-16-3-1-2-4-19(16)22(25)28/h1-8H,9-15H2,(H,23,26). The van der Waals surface area contributed by atoms with Gasteiger partial charge < -0.3 is 15.0 Å². The Kier molecular flexibility index (Phi) is 5.57. The van der Waals surface area contributed by atoms with Gasteiger partial charge in [0.15, 0.2) is 0 Å². The Balaban J connectivity index is 1.32. The molecule has 0 aliphatic carbocycles. The summed E-state index contributed by atoms with van der Waals surface area (Å²) in [6, 6.07) is 14.7. The Bertz CT molecular complexity index is 920. The van der Waals surface area contributed by atoms with E-state index in [4.69, 9.17) is 4.74 Å². The van der Waals surface area contributed by atoms with Crippen LogP contribution in [-0.2, 0) is 20.7 Å². The number of benzene rings is 2. The van der Waals surface area contributed by atoms with Gasteiger partial charge in [-0.2, -0.15) is 0 Å². The molecule has 1 N–H and O–H groups in total. The lowest BCUT2D eigenvalue weighted by atomic mass is 9.98. The summed E-state index contributed by atoms with van der Waals surface area (Å²) in [7, 11) is 0. The number of carbonyl (C=O) groups excluding carboxylic acids is 3. The number of anilines is 2. The molecule has 0 atom stereocenters. The normalized spacial score (nSPS) is 16.6. The summed E-state index contributed by atoms with van der Waals surface area (Å²) in [6.45, 7) is 3.22. The molecule has 0 aromatic heterocycles. The number of nitrogens with one attached hydrogen (secondary N) is 1. The highest BCUT2D eigenvalue weighted by atomic mass is 16.5. The van der Waals surface area contributed by atoms with E-state index in [2.05, 4.69) is 10.2 Å². The van der Waals surface area contributed by atoms with Crippen LogP contribution in [0.2, 0.25) is 0 Å². The molecule has 0 spiro atoms. The van der Waals surface area contributed by atoms with Crippen molar-refractivity contribution in [2.45, 2.75) is 12.8 Å². The fourth-order valence-corrected chi connectivity index (χ4v) is 3.64. The molecule has 2 heterocycles. The summed E-state index contributed by atoms with van der Waals surface area (Å²) in [6.07, 6.45) is 0.247. The van der Waals surface area contributed by atoms with E-state index in [0.717, 1.165) is 37.6 Å². The Hall–Kier alpha value is -3.19. The molecule has 0 radical (unpaired) electrons. The van der Waals surface area contributed by atoms with E-state index in [0.29, 0.717) is 11.3 Å². The highest BCUT2D eigenvalue weighted by molar-refractivity contribution is 6.10. The predicted molar refractivity (Wildman–Crippen MR) is 109 cm³/mol. The smallest absolute Gasteiger partial charge is 0.260 e. The third-order valence-corrected chi connectivity index (χ3v) is 5.23. The minimum Gasteiger partial charge on any atom is -0.378 e. The SMILES string of the molecule is O=C(CCN1C(=O)Cc2ccccc2C1=O)Nc1ccc(N2CCOCC2)cc1. The van der Waals surface area contributed by atoms with Crippen LogP contribution in [0, 0.1) is 0 Å². The average molecular weight is 393 g/mol. The first-order valence-corrected chi connectivity index (χ1v) is 9.77. The number of ether oxygens (including phenoxy) is 1. The van der Waals surface area contributed by atoms with E-state index >= 15 is 0 Å². The molecule has 2 aliphatic rings. The minimum atomic E-state index is -0.334. The number of hydrogen-bond donors (Lipinski definition) is 1. The molecule has 1 fully saturated rings. The Morgan fingerprint density at radius 1 is 1.00 bits per heavy atom. The molecular weight excluding hydrogens is 370 g/mol. The topological polar surface area (TPSA) is 79.0 Å². The van der Waals surface area contributed by atoms with Gasteiger partial charge in [-0.05, 0) is 35.9 Å². The van der Waals surface area contributed by atoms with Crippen LogP contribution in [0.5, 0.6) is 0 Å². The van der Waals surface area contributed by atoms with E-state index in [1.54, 1.807) is 18.2 Å². The van der Waals surface area contributed by atoms with Crippen molar-refractivity contribution in [2.75, 3.05) is 43.1 Å². The summed E-state index contributed by atoms with van der Waals surface area (Å²) >= 11 is 0. The number of imide groups is 1. The zero-order chi connectivity index (χ0) is 20.2. The van der Waals surface area contributed by atoms with Crippen LogP contribution in [0.4, 0.5) is 11.4 Å². The maximum atomic E-state index is 12.5. The summed E-state index contributed by atoms with van der Waals surface area (Å²) in [4.78, 5) is 40.6. The first kappa shape index (κ1) is 19.1. The first-order valence-electron chi connectivity index (χ1n) is 9.77. The highest BCUT2D eigenvalue weighted by Gasteiger charge is 2.30. The lowest BCUT2D eigenvalue weighted by Gasteiger charge is -2.29. The monoisotopic (exact) mass is 393 g/mol. The van der Waals surface area contributed by atoms with Crippen molar-refractivity contribution in [1.82, 2.24) is 4.90 Å². The number of nitrogens with zero attached hydrogens (tertiary/aromatic N) is 2. The highest BCUT2D eigenvalue weighted by Crippen LogP contribution is 2.21. The van der Waals surface area contributed by atoms with Crippen molar-refractivity contribution < 1.29 is 19.1 Å². The Morgan fingerprint density at radius 3 is 2.48 bits per heavy atom. The number of fused-ring (bicyclic) bond motifs is 1. The molecule has 7 heteroatoms. The molecule has 0 saturated carbocycles. The van der Waals surface area contributed by atoms with Crippen LogP contribution < -0.4 is 10.2 Å². The van der Waals surface area contributed by atoms with Gasteiger partial charge in [0.05, 0.1) is 19.6 Å². The number of hydrogen-bond acceptors (Lipinski definition) is 5. The Morgan fingerprint density at radius 2 is 1.72 bits per heavy atom. The van der Waals surface area contributed by atoms with Gasteiger partial charge >= 0.3 is 0 Å². The molecule has 150 valence electrons. The van der Waals surface area contributed by atoms with Crippen LogP contribution >= 0.6 is 0 Å². The molecule has 1 saturated heterocycles. The van der Waals surface area contributed by atoms with E-state index in [-0.39, 0.29) is 37.1 Å². The molecule has 4 rings (SSSR count). The van der Waals surface area contributed by atoms with Gasteiger partial charge in [-0.15, -0.1) is 0 Å². The molecule has 29 heavy (non-hydrogen) atoms. The fourth-order valence-electron chi connectivity index (χ4n) is 3.64. The van der Waals surface area contributed by atoms with Gasteiger partial charge in [-0.25, -0.2) is 0 Å². The summed E-state index contributed by atoms with van der Waals surface area (Å²) in [5.41, 5.74) is 3.05. The van der Waals surface area contributed by atoms with Gasteiger partial charge in [0.1, 0.15) is 0 Å². The number of rotatable bonds is 5. The maximum Gasteiger partial charge on any atom is 0.260 e. The van der Waals surface area contributed by atoms with Crippen LogP contribution in [-0.4, -0.2) is 55.5 Å². The maximum absolute atomic E-state index is 12.5. The summed E-state index contributed by atoms with van der Waals surface area (Å²) in [5, 5.41) is 2.83. The second-order valence-electron chi connectivity index (χ2n) is 7.13. The Labute approximate surface area is 169 Å². The molecule has 0 unspecified atom stereocenters. The lowest BCUT2D eigenvalue weighted by Crippen LogP contribution is -2.43. The van der Waals surface area contributed by atoms with Gasteiger partial charge in [0.2, 0.25) is 11.8 Å².